The van der Waals surface area contributed by atoms with Gasteiger partial charge in [0.1, 0.15) is 24.5 Å². The smallest absolute Gasteiger partial charge is 0.387 e. The van der Waals surface area contributed by atoms with Gasteiger partial charge in [0.05, 0.1) is 28.8 Å². The van der Waals surface area contributed by atoms with Gasteiger partial charge in [-0.05, 0) is 38.4 Å². The fourth-order valence-electron chi connectivity index (χ4n) is 3.64. The summed E-state index contributed by atoms with van der Waals surface area (Å²) in [5, 5.41) is 10.8. The fraction of sp³-hybridized carbons (Fsp3) is 0.231. The summed E-state index contributed by atoms with van der Waals surface area (Å²) in [6.07, 6.45) is 4.21. The highest BCUT2D eigenvalue weighted by Crippen LogP contribution is 2.39. The van der Waals surface area contributed by atoms with Crippen LogP contribution >= 0.6 is 0 Å². The van der Waals surface area contributed by atoms with Crippen LogP contribution in [0.1, 0.15) is 0 Å². The zero-order chi connectivity index (χ0) is 27.2. The lowest BCUT2D eigenvalue weighted by molar-refractivity contribution is -0.111. The minimum atomic E-state index is -3.09. The van der Waals surface area contributed by atoms with Gasteiger partial charge >= 0.3 is 6.61 Å². The van der Waals surface area contributed by atoms with E-state index in [2.05, 4.69) is 32.3 Å². The molecule has 0 atom stereocenters. The van der Waals surface area contributed by atoms with Crippen molar-refractivity contribution in [1.82, 2.24) is 24.6 Å². The van der Waals surface area contributed by atoms with Gasteiger partial charge in [-0.2, -0.15) is 13.9 Å². The molecule has 2 aromatic heterocycles. The topological polar surface area (TPSA) is 106 Å². The summed E-state index contributed by atoms with van der Waals surface area (Å²) in [5.74, 6) is -0.196. The molecule has 0 unspecified atom stereocenters. The summed E-state index contributed by atoms with van der Waals surface area (Å²) in [7, 11) is 5.60. The molecular weight excluding hydrogens is 496 g/mol. The van der Waals surface area contributed by atoms with Crippen LogP contribution in [0.25, 0.3) is 22.2 Å². The summed E-state index contributed by atoms with van der Waals surface area (Å²) in [6.45, 7) is 1.18. The number of amides is 1. The summed E-state index contributed by atoms with van der Waals surface area (Å²) in [6, 6.07) is 10.2. The quantitative estimate of drug-likeness (QED) is 0.278. The molecule has 4 rings (SSSR count). The predicted octanol–water partition coefficient (Wildman–Crippen LogP) is 4.44. The van der Waals surface area contributed by atoms with Crippen LogP contribution in [-0.4, -0.2) is 64.4 Å². The number of aryl methyl sites for hydroxylation is 1. The Morgan fingerprint density at radius 1 is 1.16 bits per heavy atom. The van der Waals surface area contributed by atoms with E-state index in [1.54, 1.807) is 16.9 Å². The maximum Gasteiger partial charge on any atom is 0.387 e. The maximum atomic E-state index is 13.3. The summed E-state index contributed by atoms with van der Waals surface area (Å²) in [5.41, 5.74) is 2.78. The van der Waals surface area contributed by atoms with Crippen LogP contribution in [0.15, 0.2) is 61.6 Å². The number of hydrogen-bond acceptors (Lipinski definition) is 8. The van der Waals surface area contributed by atoms with Gasteiger partial charge in [0.2, 0.25) is 5.91 Å². The third-order valence-corrected chi connectivity index (χ3v) is 5.51. The monoisotopic (exact) mass is 523 g/mol. The second kappa shape index (κ2) is 11.6. The number of aromatic nitrogens is 4. The van der Waals surface area contributed by atoms with Crippen LogP contribution in [0, 0.1) is 0 Å². The summed E-state index contributed by atoms with van der Waals surface area (Å²) >= 11 is 0. The van der Waals surface area contributed by atoms with Crippen molar-refractivity contribution in [2.24, 2.45) is 7.05 Å². The van der Waals surface area contributed by atoms with Crippen LogP contribution in [0.2, 0.25) is 0 Å². The number of carbonyl (C=O) groups excluding carboxylic acids is 1. The third-order valence-electron chi connectivity index (χ3n) is 5.51. The number of ether oxygens (including phenoxy) is 2. The SMILES string of the molecule is C=CC(=O)Nc1cc(Nc2cc(-c3ccc4c(cnn4C)c3)ncn2)c(OC(F)F)cc1OCCN(C)C. The molecule has 0 aliphatic heterocycles. The average molecular weight is 524 g/mol. The van der Waals surface area contributed by atoms with E-state index >= 15 is 0 Å². The predicted molar refractivity (Wildman–Crippen MR) is 141 cm³/mol. The molecule has 0 bridgehead atoms. The molecule has 12 heteroatoms. The normalized spacial score (nSPS) is 11.1. The molecule has 0 saturated carbocycles. The lowest BCUT2D eigenvalue weighted by Gasteiger charge is -2.19. The summed E-state index contributed by atoms with van der Waals surface area (Å²) in [4.78, 5) is 22.5. The maximum absolute atomic E-state index is 13.3. The van der Waals surface area contributed by atoms with Gasteiger partial charge in [-0.3, -0.25) is 9.48 Å². The van der Waals surface area contributed by atoms with Crippen LogP contribution in [0.3, 0.4) is 0 Å². The molecule has 1 amide bonds. The van der Waals surface area contributed by atoms with Gasteiger partial charge in [0.15, 0.2) is 5.75 Å². The highest BCUT2D eigenvalue weighted by molar-refractivity contribution is 6.00. The molecule has 0 radical (unpaired) electrons. The first-order chi connectivity index (χ1) is 18.2. The second-order valence-electron chi connectivity index (χ2n) is 8.52. The highest BCUT2D eigenvalue weighted by Gasteiger charge is 2.18. The van der Waals surface area contributed by atoms with E-state index in [9.17, 15) is 13.6 Å². The minimum Gasteiger partial charge on any atom is -0.490 e. The van der Waals surface area contributed by atoms with Crippen molar-refractivity contribution < 1.29 is 23.0 Å². The van der Waals surface area contributed by atoms with Crippen molar-refractivity contribution in [3.8, 4) is 22.8 Å². The van der Waals surface area contributed by atoms with E-state index in [4.69, 9.17) is 9.47 Å². The molecule has 0 spiro atoms. The Morgan fingerprint density at radius 3 is 2.71 bits per heavy atom. The molecule has 0 saturated heterocycles. The largest absolute Gasteiger partial charge is 0.490 e. The number of fused-ring (bicyclic) bond motifs is 1. The Balaban J connectivity index is 1.68. The van der Waals surface area contributed by atoms with Crippen LogP contribution < -0.4 is 20.1 Å². The second-order valence-corrected chi connectivity index (χ2v) is 8.52. The standard InChI is InChI=1S/C26H27F2N7O3/c1-5-25(36)33-19-11-20(23(38-26(27)28)13-22(19)37-9-8-34(2)3)32-24-12-18(29-15-30-24)16-6-7-21-17(10-16)14-31-35(21)4/h5-7,10-15,26H,1,8-9H2,2-4H3,(H,33,36)(H,29,30,32). The number of alkyl halides is 2. The van der Waals surface area contributed by atoms with E-state index in [1.807, 2.05) is 44.2 Å². The number of benzene rings is 2. The lowest BCUT2D eigenvalue weighted by Crippen LogP contribution is -2.20. The van der Waals surface area contributed by atoms with Gasteiger partial charge in [0.25, 0.3) is 0 Å². The Labute approximate surface area is 217 Å². The minimum absolute atomic E-state index is 0.136. The average Bonchev–Trinajstić information content (AvgIpc) is 3.25. The molecule has 0 aliphatic carbocycles. The number of anilines is 3. The van der Waals surface area contributed by atoms with E-state index in [-0.39, 0.29) is 29.5 Å². The Hall–Kier alpha value is -4.58. The van der Waals surface area contributed by atoms with Crippen molar-refractivity contribution in [2.75, 3.05) is 37.9 Å². The number of nitrogens with one attached hydrogen (secondary N) is 2. The van der Waals surface area contributed by atoms with Crippen molar-refractivity contribution in [2.45, 2.75) is 6.61 Å². The first-order valence-electron chi connectivity index (χ1n) is 11.6. The van der Waals surface area contributed by atoms with E-state index in [0.29, 0.717) is 18.1 Å². The molecule has 198 valence electrons. The van der Waals surface area contributed by atoms with Crippen molar-refractivity contribution in [3.05, 3.63) is 61.6 Å². The van der Waals surface area contributed by atoms with E-state index in [1.165, 1.54) is 18.5 Å². The van der Waals surface area contributed by atoms with Gasteiger partial charge in [-0.25, -0.2) is 9.97 Å². The molecule has 2 aromatic carbocycles. The zero-order valence-corrected chi connectivity index (χ0v) is 21.1. The molecule has 38 heavy (non-hydrogen) atoms. The number of likely N-dealkylation sites (N-methyl/N-ethyl adjacent to an activating group) is 1. The van der Waals surface area contributed by atoms with Crippen molar-refractivity contribution >= 4 is 34.0 Å². The van der Waals surface area contributed by atoms with Gasteiger partial charge < -0.3 is 25.0 Å². The van der Waals surface area contributed by atoms with Crippen LogP contribution in [0.4, 0.5) is 26.0 Å². The Kier molecular flexibility index (Phi) is 8.12. The Bertz CT molecular complexity index is 1460. The van der Waals surface area contributed by atoms with Crippen molar-refractivity contribution in [3.63, 3.8) is 0 Å². The molecule has 10 nitrogen and oxygen atoms in total. The van der Waals surface area contributed by atoms with Crippen LogP contribution in [-0.2, 0) is 11.8 Å². The number of halogens is 2. The first kappa shape index (κ1) is 26.5. The summed E-state index contributed by atoms with van der Waals surface area (Å²) < 4.78 is 38.9. The molecule has 4 aromatic rings. The molecular formula is C26H27F2N7O3. The highest BCUT2D eigenvalue weighted by atomic mass is 19.3. The molecule has 0 aliphatic rings. The molecule has 0 fully saturated rings. The number of nitrogens with zero attached hydrogens (tertiary/aromatic N) is 5. The van der Waals surface area contributed by atoms with Gasteiger partial charge in [0, 0.05) is 36.7 Å². The van der Waals surface area contributed by atoms with Gasteiger partial charge in [-0.1, -0.05) is 12.6 Å². The number of carbonyl (C=O) groups is 1. The Morgan fingerprint density at radius 2 is 1.97 bits per heavy atom. The lowest BCUT2D eigenvalue weighted by atomic mass is 10.1. The first-order valence-corrected chi connectivity index (χ1v) is 11.6. The van der Waals surface area contributed by atoms with E-state index in [0.717, 1.165) is 22.5 Å². The van der Waals surface area contributed by atoms with Gasteiger partial charge in [-0.15, -0.1) is 0 Å². The van der Waals surface area contributed by atoms with Crippen molar-refractivity contribution in [1.29, 1.82) is 0 Å². The van der Waals surface area contributed by atoms with Crippen LogP contribution in [0.5, 0.6) is 11.5 Å². The third kappa shape index (κ3) is 6.40. The molecule has 2 N–H and O–H groups in total. The zero-order valence-electron chi connectivity index (χ0n) is 21.1. The van der Waals surface area contributed by atoms with E-state index < -0.39 is 12.5 Å². The molecule has 2 heterocycles. The number of rotatable bonds is 11. The number of hydrogen-bond donors (Lipinski definition) is 2. The fourth-order valence-corrected chi connectivity index (χ4v) is 3.64.